The van der Waals surface area contributed by atoms with Gasteiger partial charge in [0.1, 0.15) is 0 Å². The van der Waals surface area contributed by atoms with E-state index in [0.29, 0.717) is 13.1 Å². The Morgan fingerprint density at radius 2 is 2.00 bits per heavy atom. The molecule has 2 N–H and O–H groups in total. The predicted octanol–water partition coefficient (Wildman–Crippen LogP) is 1.05. The predicted molar refractivity (Wildman–Crippen MR) is 81.0 cm³/mol. The van der Waals surface area contributed by atoms with E-state index < -0.39 is 10.0 Å². The number of aryl methyl sites for hydroxylation is 1. The molecule has 0 fully saturated rings. The third-order valence-corrected chi connectivity index (χ3v) is 4.89. The van der Waals surface area contributed by atoms with Crippen LogP contribution >= 0.6 is 0 Å². The van der Waals surface area contributed by atoms with Crippen molar-refractivity contribution in [3.05, 3.63) is 48.4 Å². The molecule has 7 heteroatoms. The van der Waals surface area contributed by atoms with Crippen LogP contribution in [0.4, 0.5) is 0 Å². The maximum atomic E-state index is 12.7. The minimum atomic E-state index is -3.63. The maximum Gasteiger partial charge on any atom is 0.262 e. The first-order chi connectivity index (χ1) is 10.1. The van der Waals surface area contributed by atoms with E-state index in [4.69, 9.17) is 5.73 Å². The molecule has 1 heterocycles. The minimum absolute atomic E-state index is 0.0636. The Morgan fingerprint density at radius 1 is 1.29 bits per heavy atom. The Bertz CT molecular complexity index is 667. The van der Waals surface area contributed by atoms with Crippen LogP contribution in [0.25, 0.3) is 0 Å². The molecule has 0 aliphatic rings. The third kappa shape index (κ3) is 3.69. The van der Waals surface area contributed by atoms with Gasteiger partial charge in [0.2, 0.25) is 0 Å². The molecule has 0 unspecified atom stereocenters. The second kappa shape index (κ2) is 6.84. The second-order valence-electron chi connectivity index (χ2n) is 4.66. The van der Waals surface area contributed by atoms with E-state index in [9.17, 15) is 8.42 Å². The Hall–Kier alpha value is -1.70. The molecule has 1 aromatic carbocycles. The van der Waals surface area contributed by atoms with Crippen LogP contribution in [-0.4, -0.2) is 35.4 Å². The van der Waals surface area contributed by atoms with E-state index in [0.717, 1.165) is 5.56 Å². The lowest BCUT2D eigenvalue weighted by atomic mass is 10.2. The molecule has 0 amide bonds. The van der Waals surface area contributed by atoms with Crippen molar-refractivity contribution in [2.75, 3.05) is 13.1 Å². The fourth-order valence-corrected chi connectivity index (χ4v) is 3.37. The summed E-state index contributed by atoms with van der Waals surface area (Å²) in [7, 11) is -3.63. The number of nitrogens with zero attached hydrogens (tertiary/aromatic N) is 3. The van der Waals surface area contributed by atoms with Crippen LogP contribution < -0.4 is 5.73 Å². The van der Waals surface area contributed by atoms with Gasteiger partial charge in [0, 0.05) is 32.4 Å². The fourth-order valence-electron chi connectivity index (χ4n) is 1.99. The van der Waals surface area contributed by atoms with Gasteiger partial charge < -0.3 is 10.3 Å². The highest BCUT2D eigenvalue weighted by atomic mass is 32.2. The summed E-state index contributed by atoms with van der Waals surface area (Å²) in [5, 5.41) is 0.0636. The highest BCUT2D eigenvalue weighted by Gasteiger charge is 2.26. The lowest BCUT2D eigenvalue weighted by Gasteiger charge is -2.20. The summed E-state index contributed by atoms with van der Waals surface area (Å²) in [6.45, 7) is 3.42. The van der Waals surface area contributed by atoms with E-state index in [1.54, 1.807) is 10.8 Å². The number of hydrogen-bond acceptors (Lipinski definition) is 4. The minimum Gasteiger partial charge on any atom is -0.336 e. The summed E-state index contributed by atoms with van der Waals surface area (Å²) < 4.78 is 28.4. The van der Waals surface area contributed by atoms with Crippen LogP contribution in [-0.2, 0) is 23.1 Å². The standard InChI is InChI=1S/C14H20N4O2S/c1-2-17-11-14(16-12-17)21(19,20)18(9-8-15)10-13-6-4-3-5-7-13/h3-7,11-12H,2,8-10,15H2,1H3. The van der Waals surface area contributed by atoms with E-state index in [-0.39, 0.29) is 18.1 Å². The van der Waals surface area contributed by atoms with Gasteiger partial charge in [-0.2, -0.15) is 4.31 Å². The first-order valence-corrected chi connectivity index (χ1v) is 8.28. The number of benzene rings is 1. The van der Waals surface area contributed by atoms with Gasteiger partial charge in [0.15, 0.2) is 5.03 Å². The zero-order chi connectivity index (χ0) is 15.3. The largest absolute Gasteiger partial charge is 0.336 e. The lowest BCUT2D eigenvalue weighted by Crippen LogP contribution is -2.35. The number of aromatic nitrogens is 2. The van der Waals surface area contributed by atoms with Gasteiger partial charge in [-0.25, -0.2) is 13.4 Å². The number of imidazole rings is 1. The summed E-state index contributed by atoms with van der Waals surface area (Å²) >= 11 is 0. The van der Waals surface area contributed by atoms with E-state index in [1.165, 1.54) is 10.6 Å². The van der Waals surface area contributed by atoms with Crippen LogP contribution in [0.15, 0.2) is 47.9 Å². The molecular formula is C14H20N4O2S. The highest BCUT2D eigenvalue weighted by molar-refractivity contribution is 7.89. The van der Waals surface area contributed by atoms with Gasteiger partial charge in [-0.1, -0.05) is 30.3 Å². The first kappa shape index (κ1) is 15.7. The fraction of sp³-hybridized carbons (Fsp3) is 0.357. The lowest BCUT2D eigenvalue weighted by molar-refractivity contribution is 0.412. The molecule has 0 saturated heterocycles. The Labute approximate surface area is 125 Å². The maximum absolute atomic E-state index is 12.7. The molecule has 6 nitrogen and oxygen atoms in total. The van der Waals surface area contributed by atoms with Crippen LogP contribution in [0, 0.1) is 0 Å². The summed E-state index contributed by atoms with van der Waals surface area (Å²) in [6.07, 6.45) is 3.07. The topological polar surface area (TPSA) is 81.2 Å². The molecule has 2 rings (SSSR count). The summed E-state index contributed by atoms with van der Waals surface area (Å²) in [5.74, 6) is 0. The van der Waals surface area contributed by atoms with E-state index in [1.807, 2.05) is 37.3 Å². The average molecular weight is 308 g/mol. The number of sulfonamides is 1. The molecule has 0 saturated carbocycles. The Morgan fingerprint density at radius 3 is 2.57 bits per heavy atom. The zero-order valence-corrected chi connectivity index (χ0v) is 12.8. The Kier molecular flexibility index (Phi) is 5.11. The van der Waals surface area contributed by atoms with Crippen molar-refractivity contribution >= 4 is 10.0 Å². The van der Waals surface area contributed by atoms with Gasteiger partial charge in [-0.05, 0) is 12.5 Å². The molecule has 0 aliphatic heterocycles. The van der Waals surface area contributed by atoms with Crippen molar-refractivity contribution in [1.82, 2.24) is 13.9 Å². The van der Waals surface area contributed by atoms with Gasteiger partial charge in [0.05, 0.1) is 6.33 Å². The van der Waals surface area contributed by atoms with Gasteiger partial charge >= 0.3 is 0 Å². The molecule has 0 atom stereocenters. The molecule has 21 heavy (non-hydrogen) atoms. The van der Waals surface area contributed by atoms with Crippen LogP contribution in [0.3, 0.4) is 0 Å². The first-order valence-electron chi connectivity index (χ1n) is 6.84. The Balaban J connectivity index is 2.27. The molecule has 1 aromatic heterocycles. The van der Waals surface area contributed by atoms with Crippen molar-refractivity contribution in [1.29, 1.82) is 0 Å². The number of nitrogens with two attached hydrogens (primary N) is 1. The normalized spacial score (nSPS) is 12.0. The quantitative estimate of drug-likeness (QED) is 0.829. The average Bonchev–Trinajstić information content (AvgIpc) is 2.97. The number of rotatable bonds is 7. The number of hydrogen-bond donors (Lipinski definition) is 1. The van der Waals surface area contributed by atoms with Gasteiger partial charge in [-0.3, -0.25) is 0 Å². The third-order valence-electron chi connectivity index (χ3n) is 3.16. The molecule has 114 valence electrons. The van der Waals surface area contributed by atoms with Crippen molar-refractivity contribution in [3.8, 4) is 0 Å². The van der Waals surface area contributed by atoms with Gasteiger partial charge in [-0.15, -0.1) is 0 Å². The van der Waals surface area contributed by atoms with Crippen molar-refractivity contribution in [3.63, 3.8) is 0 Å². The molecule has 0 spiro atoms. The monoisotopic (exact) mass is 308 g/mol. The SMILES string of the molecule is CCn1cnc(S(=O)(=O)N(CCN)Cc2ccccc2)c1. The smallest absolute Gasteiger partial charge is 0.262 e. The molecule has 0 aliphatic carbocycles. The molecule has 0 bridgehead atoms. The zero-order valence-electron chi connectivity index (χ0n) is 12.0. The van der Waals surface area contributed by atoms with Crippen molar-refractivity contribution in [2.24, 2.45) is 5.73 Å². The molecule has 2 aromatic rings. The summed E-state index contributed by atoms with van der Waals surface area (Å²) in [4.78, 5) is 4.00. The van der Waals surface area contributed by atoms with Crippen LogP contribution in [0.5, 0.6) is 0 Å². The van der Waals surface area contributed by atoms with Crippen molar-refractivity contribution in [2.45, 2.75) is 25.0 Å². The van der Waals surface area contributed by atoms with Crippen LogP contribution in [0.2, 0.25) is 0 Å². The second-order valence-corrected chi connectivity index (χ2v) is 6.54. The molecule has 0 radical (unpaired) electrons. The van der Waals surface area contributed by atoms with Gasteiger partial charge in [0.25, 0.3) is 10.0 Å². The van der Waals surface area contributed by atoms with E-state index in [2.05, 4.69) is 4.98 Å². The molecular weight excluding hydrogens is 288 g/mol. The highest BCUT2D eigenvalue weighted by Crippen LogP contribution is 2.16. The van der Waals surface area contributed by atoms with Crippen LogP contribution in [0.1, 0.15) is 12.5 Å². The van der Waals surface area contributed by atoms with Crippen molar-refractivity contribution < 1.29 is 8.42 Å². The summed E-state index contributed by atoms with van der Waals surface area (Å²) in [6, 6.07) is 9.45. The van der Waals surface area contributed by atoms with E-state index >= 15 is 0 Å². The summed E-state index contributed by atoms with van der Waals surface area (Å²) in [5.41, 5.74) is 6.48.